The summed E-state index contributed by atoms with van der Waals surface area (Å²) in [6.07, 6.45) is 2.58. The number of nitrogens with two attached hydrogens (primary N) is 1. The van der Waals surface area contributed by atoms with E-state index in [0.29, 0.717) is 18.7 Å². The van der Waals surface area contributed by atoms with Crippen molar-refractivity contribution in [3.63, 3.8) is 0 Å². The van der Waals surface area contributed by atoms with Crippen molar-refractivity contribution in [2.45, 2.75) is 26.3 Å². The maximum atomic E-state index is 12.9. The lowest BCUT2D eigenvalue weighted by Crippen LogP contribution is -2.54. The van der Waals surface area contributed by atoms with E-state index in [-0.39, 0.29) is 42.2 Å². The average Bonchev–Trinajstić information content (AvgIpc) is 2.48. The molecule has 1 aliphatic heterocycles. The van der Waals surface area contributed by atoms with Crippen LogP contribution in [0.5, 0.6) is 0 Å². The van der Waals surface area contributed by atoms with Gasteiger partial charge in [-0.15, -0.1) is 24.8 Å². The Morgan fingerprint density at radius 1 is 1.26 bits per heavy atom. The molecule has 1 saturated heterocycles. The molecule has 1 fully saturated rings. The van der Waals surface area contributed by atoms with Gasteiger partial charge < -0.3 is 10.6 Å². The lowest BCUT2D eigenvalue weighted by atomic mass is 9.79. The van der Waals surface area contributed by atoms with Gasteiger partial charge in [0.25, 0.3) is 5.91 Å². The molecule has 0 aliphatic carbocycles. The van der Waals surface area contributed by atoms with Crippen molar-refractivity contribution >= 4 is 41.6 Å². The van der Waals surface area contributed by atoms with Crippen LogP contribution in [-0.4, -0.2) is 34.9 Å². The number of nitrogens with zero attached hydrogens (tertiary/aromatic N) is 2. The van der Waals surface area contributed by atoms with Crippen LogP contribution in [0.1, 0.15) is 30.6 Å². The van der Waals surface area contributed by atoms with Crippen LogP contribution in [0.2, 0.25) is 0 Å². The van der Waals surface area contributed by atoms with Gasteiger partial charge >= 0.3 is 0 Å². The number of amides is 1. The molecule has 4 nitrogen and oxygen atoms in total. The summed E-state index contributed by atoms with van der Waals surface area (Å²) >= 11 is 0. The maximum absolute atomic E-state index is 12.9. The number of carbonyl (C=O) groups excluding carboxylic acids is 1. The predicted molar refractivity (Wildman–Crippen MR) is 98.5 cm³/mol. The molecule has 1 aromatic carbocycles. The number of para-hydroxylation sites is 1. The monoisotopic (exact) mass is 355 g/mol. The number of pyridine rings is 1. The van der Waals surface area contributed by atoms with E-state index in [1.807, 2.05) is 35.2 Å². The summed E-state index contributed by atoms with van der Waals surface area (Å²) in [5.74, 6) is 0.0549. The number of halogens is 2. The second-order valence-corrected chi connectivity index (χ2v) is 6.49. The molecule has 1 unspecified atom stereocenters. The van der Waals surface area contributed by atoms with Gasteiger partial charge in [0, 0.05) is 30.7 Å². The summed E-state index contributed by atoms with van der Waals surface area (Å²) in [4.78, 5) is 19.1. The number of likely N-dealkylation sites (tertiary alicyclic amines) is 1. The standard InChI is InChI=1S/C17H21N3O.2ClH/c1-17(2)11-20(10-8-14(17)18)16(21)13-7-3-5-12-6-4-9-19-15(12)13;;/h3-7,9,14H,8,10-11,18H2,1-2H3;2*1H. The first-order valence-electron chi connectivity index (χ1n) is 7.38. The fourth-order valence-corrected chi connectivity index (χ4v) is 2.99. The van der Waals surface area contributed by atoms with Gasteiger partial charge in [-0.2, -0.15) is 0 Å². The van der Waals surface area contributed by atoms with Gasteiger partial charge in [0.2, 0.25) is 0 Å². The molecule has 2 heterocycles. The largest absolute Gasteiger partial charge is 0.338 e. The molecule has 0 bridgehead atoms. The van der Waals surface area contributed by atoms with Crippen LogP contribution in [0, 0.1) is 5.41 Å². The van der Waals surface area contributed by atoms with Gasteiger partial charge in [-0.3, -0.25) is 9.78 Å². The highest BCUT2D eigenvalue weighted by Gasteiger charge is 2.35. The summed E-state index contributed by atoms with van der Waals surface area (Å²) in [5.41, 5.74) is 7.56. The lowest BCUT2D eigenvalue weighted by molar-refractivity contribution is 0.0534. The van der Waals surface area contributed by atoms with E-state index in [1.165, 1.54) is 0 Å². The van der Waals surface area contributed by atoms with Crippen molar-refractivity contribution in [2.24, 2.45) is 11.1 Å². The second kappa shape index (κ2) is 7.47. The summed E-state index contributed by atoms with van der Waals surface area (Å²) in [7, 11) is 0. The first-order valence-corrected chi connectivity index (χ1v) is 7.38. The number of hydrogen-bond acceptors (Lipinski definition) is 3. The van der Waals surface area contributed by atoms with E-state index in [4.69, 9.17) is 5.73 Å². The molecular formula is C17H23Cl2N3O. The molecule has 23 heavy (non-hydrogen) atoms. The Hall–Kier alpha value is -1.36. The van der Waals surface area contributed by atoms with E-state index in [1.54, 1.807) is 6.20 Å². The van der Waals surface area contributed by atoms with Gasteiger partial charge in [-0.1, -0.05) is 32.0 Å². The number of carbonyl (C=O) groups is 1. The van der Waals surface area contributed by atoms with Gasteiger partial charge in [0.15, 0.2) is 0 Å². The van der Waals surface area contributed by atoms with Crippen molar-refractivity contribution in [3.05, 3.63) is 42.1 Å². The highest BCUT2D eigenvalue weighted by Crippen LogP contribution is 2.29. The molecule has 2 N–H and O–H groups in total. The van der Waals surface area contributed by atoms with Crippen LogP contribution in [0.15, 0.2) is 36.5 Å². The zero-order valence-electron chi connectivity index (χ0n) is 13.4. The average molecular weight is 356 g/mol. The molecule has 1 aliphatic rings. The topological polar surface area (TPSA) is 59.2 Å². The van der Waals surface area contributed by atoms with Crippen molar-refractivity contribution in [1.82, 2.24) is 9.88 Å². The van der Waals surface area contributed by atoms with Crippen LogP contribution < -0.4 is 5.73 Å². The molecule has 3 rings (SSSR count). The minimum Gasteiger partial charge on any atom is -0.338 e. The zero-order valence-corrected chi connectivity index (χ0v) is 15.0. The second-order valence-electron chi connectivity index (χ2n) is 6.49. The third-order valence-electron chi connectivity index (χ3n) is 4.46. The summed E-state index contributed by atoms with van der Waals surface area (Å²) in [6, 6.07) is 9.77. The number of rotatable bonds is 1. The Morgan fingerprint density at radius 2 is 1.96 bits per heavy atom. The van der Waals surface area contributed by atoms with Crippen molar-refractivity contribution in [3.8, 4) is 0 Å². The Morgan fingerprint density at radius 3 is 2.65 bits per heavy atom. The molecule has 0 radical (unpaired) electrons. The normalized spacial score (nSPS) is 19.6. The highest BCUT2D eigenvalue weighted by atomic mass is 35.5. The molecule has 1 atom stereocenters. The van der Waals surface area contributed by atoms with Crippen molar-refractivity contribution < 1.29 is 4.79 Å². The minimum atomic E-state index is -0.0497. The van der Waals surface area contributed by atoms with Crippen molar-refractivity contribution in [2.75, 3.05) is 13.1 Å². The molecule has 1 amide bonds. The summed E-state index contributed by atoms with van der Waals surface area (Å²) in [5, 5.41) is 0.997. The number of piperidine rings is 1. The van der Waals surface area contributed by atoms with Crippen LogP contribution in [-0.2, 0) is 0 Å². The number of aromatic nitrogens is 1. The number of fused-ring (bicyclic) bond motifs is 1. The van der Waals surface area contributed by atoms with E-state index in [2.05, 4.69) is 18.8 Å². The predicted octanol–water partition coefficient (Wildman–Crippen LogP) is 3.28. The molecule has 0 saturated carbocycles. The molecule has 1 aromatic heterocycles. The zero-order chi connectivity index (χ0) is 15.0. The molecule has 126 valence electrons. The SMILES string of the molecule is CC1(C)CN(C(=O)c2cccc3cccnc23)CCC1N.Cl.Cl. The van der Waals surface area contributed by atoms with Crippen LogP contribution in [0.4, 0.5) is 0 Å². The Kier molecular flexibility index (Phi) is 6.40. The van der Waals surface area contributed by atoms with E-state index in [9.17, 15) is 4.79 Å². The van der Waals surface area contributed by atoms with Crippen molar-refractivity contribution in [1.29, 1.82) is 0 Å². The first kappa shape index (κ1) is 19.7. The molecule has 6 heteroatoms. The van der Waals surface area contributed by atoms with Crippen LogP contribution in [0.3, 0.4) is 0 Å². The van der Waals surface area contributed by atoms with Gasteiger partial charge in [-0.25, -0.2) is 0 Å². The van der Waals surface area contributed by atoms with E-state index < -0.39 is 0 Å². The van der Waals surface area contributed by atoms with E-state index in [0.717, 1.165) is 17.3 Å². The minimum absolute atomic E-state index is 0. The fourth-order valence-electron chi connectivity index (χ4n) is 2.99. The summed E-state index contributed by atoms with van der Waals surface area (Å²) in [6.45, 7) is 5.65. The maximum Gasteiger partial charge on any atom is 0.256 e. The molecule has 0 spiro atoms. The smallest absolute Gasteiger partial charge is 0.256 e. The Bertz CT molecular complexity index is 685. The summed E-state index contributed by atoms with van der Waals surface area (Å²) < 4.78 is 0. The fraction of sp³-hybridized carbons (Fsp3) is 0.412. The third kappa shape index (κ3) is 3.77. The van der Waals surface area contributed by atoms with Crippen LogP contribution in [0.25, 0.3) is 10.9 Å². The first-order chi connectivity index (χ1) is 9.99. The van der Waals surface area contributed by atoms with Gasteiger partial charge in [-0.05, 0) is 24.0 Å². The highest BCUT2D eigenvalue weighted by molar-refractivity contribution is 6.05. The van der Waals surface area contributed by atoms with E-state index >= 15 is 0 Å². The quantitative estimate of drug-likeness (QED) is 0.853. The molecular weight excluding hydrogens is 333 g/mol. The Balaban J connectivity index is 0.00000132. The molecule has 2 aromatic rings. The lowest BCUT2D eigenvalue weighted by Gasteiger charge is -2.42. The third-order valence-corrected chi connectivity index (χ3v) is 4.46. The van der Waals surface area contributed by atoms with Crippen LogP contribution >= 0.6 is 24.8 Å². The van der Waals surface area contributed by atoms with Gasteiger partial charge in [0.1, 0.15) is 0 Å². The number of hydrogen-bond donors (Lipinski definition) is 1. The number of benzene rings is 1. The van der Waals surface area contributed by atoms with Gasteiger partial charge in [0.05, 0.1) is 11.1 Å². The Labute approximate surface area is 149 Å².